The lowest BCUT2D eigenvalue weighted by molar-refractivity contribution is 0.0366. The monoisotopic (exact) mass is 156 g/mol. The molecule has 0 amide bonds. The molecule has 0 spiro atoms. The molecule has 0 aliphatic carbocycles. The molecule has 0 aromatic heterocycles. The van der Waals surface area contributed by atoms with Gasteiger partial charge in [-0.3, -0.25) is 0 Å². The molecule has 0 aromatic rings. The van der Waals surface area contributed by atoms with Gasteiger partial charge in [-0.05, 0) is 32.1 Å². The summed E-state index contributed by atoms with van der Waals surface area (Å²) in [7, 11) is 0. The zero-order chi connectivity index (χ0) is 7.52. The fourth-order valence-corrected chi connectivity index (χ4v) is 1.95. The van der Waals surface area contributed by atoms with E-state index in [0.29, 0.717) is 12.2 Å². The van der Waals surface area contributed by atoms with Crippen LogP contribution in [-0.2, 0) is 9.47 Å². The molecular weight excluding hydrogens is 140 g/mol. The summed E-state index contributed by atoms with van der Waals surface area (Å²) in [5, 5.41) is 0. The summed E-state index contributed by atoms with van der Waals surface area (Å²) in [5.41, 5.74) is 0. The Hall–Kier alpha value is -0.0800. The summed E-state index contributed by atoms with van der Waals surface area (Å²) in [4.78, 5) is 0. The SMILES string of the molecule is C1COC(CC2CCCO2)C1. The first-order valence-electron chi connectivity index (χ1n) is 4.68. The van der Waals surface area contributed by atoms with Gasteiger partial charge in [-0.2, -0.15) is 0 Å². The van der Waals surface area contributed by atoms with Crippen molar-refractivity contribution in [1.29, 1.82) is 0 Å². The Morgan fingerprint density at radius 1 is 0.909 bits per heavy atom. The van der Waals surface area contributed by atoms with E-state index in [2.05, 4.69) is 0 Å². The highest BCUT2D eigenvalue weighted by Gasteiger charge is 2.23. The molecule has 0 radical (unpaired) electrons. The second kappa shape index (κ2) is 3.55. The lowest BCUT2D eigenvalue weighted by atomic mass is 10.1. The minimum Gasteiger partial charge on any atom is -0.378 e. The molecule has 2 nitrogen and oxygen atoms in total. The summed E-state index contributed by atoms with van der Waals surface area (Å²) in [5.74, 6) is 0. The van der Waals surface area contributed by atoms with Gasteiger partial charge in [0.1, 0.15) is 0 Å². The first kappa shape index (κ1) is 7.56. The maximum atomic E-state index is 5.53. The topological polar surface area (TPSA) is 18.5 Å². The molecule has 2 unspecified atom stereocenters. The molecule has 2 atom stereocenters. The quantitative estimate of drug-likeness (QED) is 0.606. The molecule has 0 aromatic carbocycles. The van der Waals surface area contributed by atoms with Gasteiger partial charge >= 0.3 is 0 Å². The van der Waals surface area contributed by atoms with Gasteiger partial charge in [0.05, 0.1) is 12.2 Å². The van der Waals surface area contributed by atoms with E-state index >= 15 is 0 Å². The Morgan fingerprint density at radius 3 is 1.82 bits per heavy atom. The van der Waals surface area contributed by atoms with Gasteiger partial charge in [-0.1, -0.05) is 0 Å². The number of ether oxygens (including phenoxy) is 2. The fraction of sp³-hybridized carbons (Fsp3) is 1.00. The molecule has 64 valence electrons. The Bertz CT molecular complexity index is 98.7. The normalized spacial score (nSPS) is 38.2. The van der Waals surface area contributed by atoms with Gasteiger partial charge in [-0.15, -0.1) is 0 Å². The zero-order valence-electron chi connectivity index (χ0n) is 6.92. The summed E-state index contributed by atoms with van der Waals surface area (Å²) in [6, 6.07) is 0. The second-order valence-electron chi connectivity index (χ2n) is 3.51. The van der Waals surface area contributed by atoms with Crippen LogP contribution >= 0.6 is 0 Å². The van der Waals surface area contributed by atoms with Crippen LogP contribution in [0.3, 0.4) is 0 Å². The third-order valence-electron chi connectivity index (χ3n) is 2.57. The summed E-state index contributed by atoms with van der Waals surface area (Å²) < 4.78 is 11.1. The number of hydrogen-bond acceptors (Lipinski definition) is 2. The van der Waals surface area contributed by atoms with Crippen LogP contribution in [0.2, 0.25) is 0 Å². The van der Waals surface area contributed by atoms with Crippen molar-refractivity contribution in [2.45, 2.75) is 44.3 Å². The molecule has 2 aliphatic rings. The van der Waals surface area contributed by atoms with E-state index in [-0.39, 0.29) is 0 Å². The molecule has 0 bridgehead atoms. The van der Waals surface area contributed by atoms with E-state index < -0.39 is 0 Å². The van der Waals surface area contributed by atoms with Crippen LogP contribution in [0, 0.1) is 0 Å². The first-order chi connectivity index (χ1) is 5.45. The number of hydrogen-bond donors (Lipinski definition) is 0. The highest BCUT2D eigenvalue weighted by Crippen LogP contribution is 2.23. The second-order valence-corrected chi connectivity index (χ2v) is 3.51. The third-order valence-corrected chi connectivity index (χ3v) is 2.57. The van der Waals surface area contributed by atoms with Crippen molar-refractivity contribution < 1.29 is 9.47 Å². The average Bonchev–Trinajstić information content (AvgIpc) is 2.60. The summed E-state index contributed by atoms with van der Waals surface area (Å²) in [6.45, 7) is 1.94. The van der Waals surface area contributed by atoms with Gasteiger partial charge in [0.2, 0.25) is 0 Å². The molecule has 2 rings (SSSR count). The van der Waals surface area contributed by atoms with E-state index in [0.717, 1.165) is 19.6 Å². The smallest absolute Gasteiger partial charge is 0.0600 e. The van der Waals surface area contributed by atoms with Gasteiger partial charge in [0.15, 0.2) is 0 Å². The van der Waals surface area contributed by atoms with Crippen molar-refractivity contribution in [1.82, 2.24) is 0 Å². The van der Waals surface area contributed by atoms with E-state index in [1.807, 2.05) is 0 Å². The number of rotatable bonds is 2. The Balaban J connectivity index is 1.71. The Labute approximate surface area is 67.9 Å². The largest absolute Gasteiger partial charge is 0.378 e. The molecule has 2 saturated heterocycles. The maximum absolute atomic E-state index is 5.53. The van der Waals surface area contributed by atoms with E-state index in [1.54, 1.807) is 0 Å². The van der Waals surface area contributed by atoms with Gasteiger partial charge in [0.25, 0.3) is 0 Å². The Morgan fingerprint density at radius 2 is 1.45 bits per heavy atom. The van der Waals surface area contributed by atoms with Crippen molar-refractivity contribution in [3.05, 3.63) is 0 Å². The summed E-state index contributed by atoms with van der Waals surface area (Å²) in [6.07, 6.45) is 7.16. The first-order valence-corrected chi connectivity index (χ1v) is 4.68. The van der Waals surface area contributed by atoms with Gasteiger partial charge in [-0.25, -0.2) is 0 Å². The molecular formula is C9H16O2. The van der Waals surface area contributed by atoms with Crippen molar-refractivity contribution >= 4 is 0 Å². The predicted molar refractivity (Wildman–Crippen MR) is 42.6 cm³/mol. The minimum absolute atomic E-state index is 0.512. The van der Waals surface area contributed by atoms with Crippen LogP contribution < -0.4 is 0 Å². The molecule has 11 heavy (non-hydrogen) atoms. The zero-order valence-corrected chi connectivity index (χ0v) is 6.92. The van der Waals surface area contributed by atoms with Gasteiger partial charge in [0, 0.05) is 13.2 Å². The fourth-order valence-electron chi connectivity index (χ4n) is 1.95. The van der Waals surface area contributed by atoms with Crippen LogP contribution in [-0.4, -0.2) is 25.4 Å². The van der Waals surface area contributed by atoms with Crippen LogP contribution in [0.25, 0.3) is 0 Å². The Kier molecular flexibility index (Phi) is 2.44. The highest BCUT2D eigenvalue weighted by molar-refractivity contribution is 4.73. The van der Waals surface area contributed by atoms with E-state index in [1.165, 1.54) is 25.7 Å². The van der Waals surface area contributed by atoms with Crippen LogP contribution in [0.5, 0.6) is 0 Å². The van der Waals surface area contributed by atoms with Gasteiger partial charge < -0.3 is 9.47 Å². The lowest BCUT2D eigenvalue weighted by Crippen LogP contribution is -2.15. The van der Waals surface area contributed by atoms with Crippen molar-refractivity contribution in [3.8, 4) is 0 Å². The van der Waals surface area contributed by atoms with Crippen LogP contribution in [0.1, 0.15) is 32.1 Å². The van der Waals surface area contributed by atoms with Crippen molar-refractivity contribution in [3.63, 3.8) is 0 Å². The summed E-state index contributed by atoms with van der Waals surface area (Å²) >= 11 is 0. The lowest BCUT2D eigenvalue weighted by Gasteiger charge is -2.13. The molecule has 0 N–H and O–H groups in total. The minimum atomic E-state index is 0.512. The average molecular weight is 156 g/mol. The predicted octanol–water partition coefficient (Wildman–Crippen LogP) is 1.73. The standard InChI is InChI=1S/C9H16O2/c1-3-8(10-5-1)7-9-4-2-6-11-9/h8-9H,1-7H2. The van der Waals surface area contributed by atoms with Crippen LogP contribution in [0.15, 0.2) is 0 Å². The maximum Gasteiger partial charge on any atom is 0.0600 e. The van der Waals surface area contributed by atoms with Crippen LogP contribution in [0.4, 0.5) is 0 Å². The molecule has 2 fully saturated rings. The van der Waals surface area contributed by atoms with E-state index in [4.69, 9.17) is 9.47 Å². The van der Waals surface area contributed by atoms with E-state index in [9.17, 15) is 0 Å². The van der Waals surface area contributed by atoms with Crippen molar-refractivity contribution in [2.75, 3.05) is 13.2 Å². The van der Waals surface area contributed by atoms with Crippen molar-refractivity contribution in [2.24, 2.45) is 0 Å². The molecule has 2 heteroatoms. The third kappa shape index (κ3) is 1.94. The molecule has 2 heterocycles. The molecule has 2 aliphatic heterocycles. The molecule has 0 saturated carbocycles. The highest BCUT2D eigenvalue weighted by atomic mass is 16.5.